The molecule has 1 aliphatic rings. The van der Waals surface area contributed by atoms with Gasteiger partial charge in [0.1, 0.15) is 4.90 Å². The van der Waals surface area contributed by atoms with Crippen molar-refractivity contribution in [2.75, 3.05) is 31.5 Å². The first kappa shape index (κ1) is 19.4. The fraction of sp³-hybridized carbons (Fsp3) is 0.444. The SMILES string of the molecule is Cc1ccccc1NC(=O)N1CCCN(S(=O)(=O)c2c(C)n[nH]c2C)CC1. The lowest BCUT2D eigenvalue weighted by Crippen LogP contribution is -2.39. The number of aryl methyl sites for hydroxylation is 3. The number of urea groups is 1. The van der Waals surface area contributed by atoms with E-state index in [2.05, 4.69) is 15.5 Å². The van der Waals surface area contributed by atoms with Crippen molar-refractivity contribution in [3.05, 3.63) is 41.2 Å². The molecule has 1 aromatic carbocycles. The molecule has 0 radical (unpaired) electrons. The Morgan fingerprint density at radius 2 is 1.85 bits per heavy atom. The van der Waals surface area contributed by atoms with E-state index in [0.29, 0.717) is 37.4 Å². The lowest BCUT2D eigenvalue weighted by atomic mass is 10.2. The Bertz CT molecular complexity index is 919. The van der Waals surface area contributed by atoms with E-state index < -0.39 is 10.0 Å². The lowest BCUT2D eigenvalue weighted by Gasteiger charge is -2.22. The van der Waals surface area contributed by atoms with Crippen LogP contribution < -0.4 is 5.32 Å². The number of carbonyl (C=O) groups is 1. The Kier molecular flexibility index (Phi) is 5.52. The molecule has 1 fully saturated rings. The second kappa shape index (κ2) is 7.69. The molecule has 0 spiro atoms. The number of aromatic nitrogens is 2. The Hall–Kier alpha value is -2.39. The van der Waals surface area contributed by atoms with Gasteiger partial charge in [0.15, 0.2) is 0 Å². The van der Waals surface area contributed by atoms with Crippen molar-refractivity contribution < 1.29 is 13.2 Å². The highest BCUT2D eigenvalue weighted by molar-refractivity contribution is 7.89. The van der Waals surface area contributed by atoms with Crippen LogP contribution in [0.2, 0.25) is 0 Å². The van der Waals surface area contributed by atoms with Gasteiger partial charge in [-0.05, 0) is 38.8 Å². The molecule has 2 heterocycles. The summed E-state index contributed by atoms with van der Waals surface area (Å²) in [5.41, 5.74) is 2.74. The molecular formula is C18H25N5O3S. The fourth-order valence-corrected chi connectivity index (χ4v) is 5.10. The monoisotopic (exact) mass is 391 g/mol. The first-order valence-electron chi connectivity index (χ1n) is 8.94. The first-order valence-corrected chi connectivity index (χ1v) is 10.4. The molecule has 9 heteroatoms. The molecule has 3 rings (SSSR count). The molecule has 0 bridgehead atoms. The molecule has 0 unspecified atom stereocenters. The third kappa shape index (κ3) is 3.98. The molecule has 0 aliphatic carbocycles. The molecule has 1 saturated heterocycles. The number of amides is 2. The quantitative estimate of drug-likeness (QED) is 0.838. The predicted octanol–water partition coefficient (Wildman–Crippen LogP) is 2.26. The van der Waals surface area contributed by atoms with Crippen LogP contribution in [0.25, 0.3) is 0 Å². The number of carbonyl (C=O) groups excluding carboxylic acids is 1. The summed E-state index contributed by atoms with van der Waals surface area (Å²) in [6, 6.07) is 7.36. The molecule has 1 aromatic heterocycles. The van der Waals surface area contributed by atoms with Crippen LogP contribution in [0.15, 0.2) is 29.2 Å². The van der Waals surface area contributed by atoms with Crippen LogP contribution in [-0.2, 0) is 10.0 Å². The van der Waals surface area contributed by atoms with Gasteiger partial charge in [0.2, 0.25) is 10.0 Å². The maximum absolute atomic E-state index is 13.0. The topological polar surface area (TPSA) is 98.4 Å². The zero-order chi connectivity index (χ0) is 19.6. The fourth-order valence-electron chi connectivity index (χ4n) is 3.29. The van der Waals surface area contributed by atoms with Crippen molar-refractivity contribution in [3.63, 3.8) is 0 Å². The zero-order valence-corrected chi connectivity index (χ0v) is 16.6. The standard InChI is InChI=1S/C18H25N5O3S/c1-13-7-4-5-8-16(13)19-18(24)22-9-6-10-23(12-11-22)27(25,26)17-14(2)20-21-15(17)3/h4-5,7-8H,6,9-12H2,1-3H3,(H,19,24)(H,20,21). The second-order valence-electron chi connectivity index (χ2n) is 6.75. The van der Waals surface area contributed by atoms with Crippen LogP contribution in [0.1, 0.15) is 23.4 Å². The van der Waals surface area contributed by atoms with Crippen molar-refractivity contribution in [1.82, 2.24) is 19.4 Å². The van der Waals surface area contributed by atoms with Crippen LogP contribution in [0.4, 0.5) is 10.5 Å². The number of para-hydroxylation sites is 1. The van der Waals surface area contributed by atoms with Gasteiger partial charge in [-0.3, -0.25) is 5.10 Å². The van der Waals surface area contributed by atoms with Crippen LogP contribution in [-0.4, -0.2) is 60.0 Å². The van der Waals surface area contributed by atoms with Gasteiger partial charge in [-0.2, -0.15) is 9.40 Å². The lowest BCUT2D eigenvalue weighted by molar-refractivity contribution is 0.214. The number of nitrogens with one attached hydrogen (secondary N) is 2. The molecule has 27 heavy (non-hydrogen) atoms. The Balaban J connectivity index is 1.70. The number of benzene rings is 1. The van der Waals surface area contributed by atoms with Crippen LogP contribution in [0.5, 0.6) is 0 Å². The number of sulfonamides is 1. The van der Waals surface area contributed by atoms with E-state index in [0.717, 1.165) is 11.3 Å². The summed E-state index contributed by atoms with van der Waals surface area (Å²) in [6.45, 7) is 6.79. The first-order chi connectivity index (χ1) is 12.8. The molecular weight excluding hydrogens is 366 g/mol. The maximum Gasteiger partial charge on any atom is 0.321 e. The van der Waals surface area contributed by atoms with E-state index >= 15 is 0 Å². The van der Waals surface area contributed by atoms with Gasteiger partial charge in [-0.15, -0.1) is 0 Å². The number of H-pyrrole nitrogens is 1. The van der Waals surface area contributed by atoms with Crippen molar-refractivity contribution >= 4 is 21.7 Å². The third-order valence-corrected chi connectivity index (χ3v) is 6.95. The van der Waals surface area contributed by atoms with Gasteiger partial charge < -0.3 is 10.2 Å². The predicted molar refractivity (Wildman–Crippen MR) is 103 cm³/mol. The van der Waals surface area contributed by atoms with Gasteiger partial charge in [-0.25, -0.2) is 13.2 Å². The Morgan fingerprint density at radius 1 is 1.11 bits per heavy atom. The molecule has 0 saturated carbocycles. The van der Waals surface area contributed by atoms with Gasteiger partial charge in [0, 0.05) is 31.9 Å². The number of hydrogen-bond acceptors (Lipinski definition) is 4. The van der Waals surface area contributed by atoms with Crippen molar-refractivity contribution in [3.8, 4) is 0 Å². The Labute approximate surface area is 159 Å². The summed E-state index contributed by atoms with van der Waals surface area (Å²) >= 11 is 0. The summed E-state index contributed by atoms with van der Waals surface area (Å²) in [5.74, 6) is 0. The molecule has 146 valence electrons. The normalized spacial score (nSPS) is 16.2. The molecule has 0 atom stereocenters. The summed E-state index contributed by atoms with van der Waals surface area (Å²) in [5, 5.41) is 9.63. The summed E-state index contributed by atoms with van der Waals surface area (Å²) in [6.07, 6.45) is 0.580. The minimum absolute atomic E-state index is 0.209. The second-order valence-corrected chi connectivity index (χ2v) is 8.63. The van der Waals surface area contributed by atoms with E-state index in [-0.39, 0.29) is 17.5 Å². The number of nitrogens with zero attached hydrogens (tertiary/aromatic N) is 3. The van der Waals surface area contributed by atoms with E-state index in [1.165, 1.54) is 4.31 Å². The zero-order valence-electron chi connectivity index (χ0n) is 15.8. The van der Waals surface area contributed by atoms with Gasteiger partial charge in [0.05, 0.1) is 11.4 Å². The Morgan fingerprint density at radius 3 is 2.52 bits per heavy atom. The van der Waals surface area contributed by atoms with Gasteiger partial charge in [0.25, 0.3) is 0 Å². The number of hydrogen-bond donors (Lipinski definition) is 2. The number of rotatable bonds is 3. The van der Waals surface area contributed by atoms with Crippen molar-refractivity contribution in [2.24, 2.45) is 0 Å². The summed E-state index contributed by atoms with van der Waals surface area (Å²) in [4.78, 5) is 14.5. The molecule has 2 aromatic rings. The highest BCUT2D eigenvalue weighted by atomic mass is 32.2. The van der Waals surface area contributed by atoms with Gasteiger partial charge >= 0.3 is 6.03 Å². The molecule has 1 aliphatic heterocycles. The number of aromatic amines is 1. The van der Waals surface area contributed by atoms with Gasteiger partial charge in [-0.1, -0.05) is 18.2 Å². The van der Waals surface area contributed by atoms with Crippen LogP contribution in [0.3, 0.4) is 0 Å². The van der Waals surface area contributed by atoms with Crippen molar-refractivity contribution in [2.45, 2.75) is 32.1 Å². The summed E-state index contributed by atoms with van der Waals surface area (Å²) < 4.78 is 27.4. The minimum Gasteiger partial charge on any atom is -0.323 e. The third-order valence-electron chi connectivity index (χ3n) is 4.79. The smallest absolute Gasteiger partial charge is 0.321 e. The highest BCUT2D eigenvalue weighted by Crippen LogP contribution is 2.23. The van der Waals surface area contributed by atoms with E-state index in [1.807, 2.05) is 31.2 Å². The highest BCUT2D eigenvalue weighted by Gasteiger charge is 2.31. The van der Waals surface area contributed by atoms with E-state index in [1.54, 1.807) is 18.7 Å². The summed E-state index contributed by atoms with van der Waals surface area (Å²) in [7, 11) is -3.64. The number of anilines is 1. The molecule has 8 nitrogen and oxygen atoms in total. The van der Waals surface area contributed by atoms with Crippen molar-refractivity contribution in [1.29, 1.82) is 0 Å². The van der Waals surface area contributed by atoms with Crippen LogP contribution >= 0.6 is 0 Å². The van der Waals surface area contributed by atoms with Crippen LogP contribution in [0, 0.1) is 20.8 Å². The maximum atomic E-state index is 13.0. The van der Waals surface area contributed by atoms with E-state index in [9.17, 15) is 13.2 Å². The largest absolute Gasteiger partial charge is 0.323 e. The molecule has 2 N–H and O–H groups in total. The van der Waals surface area contributed by atoms with E-state index in [4.69, 9.17) is 0 Å². The minimum atomic E-state index is -3.64. The molecule has 2 amide bonds. The average molecular weight is 391 g/mol. The average Bonchev–Trinajstić information content (AvgIpc) is 2.83.